The Labute approximate surface area is 181 Å². The average Bonchev–Trinajstić information content (AvgIpc) is 2.81. The number of Topliss-reactive ketones (excluding diaryl/α,β-unsaturated/α-hetero) is 1. The summed E-state index contributed by atoms with van der Waals surface area (Å²) in [5.74, 6) is 1.01. The number of benzene rings is 3. The van der Waals surface area contributed by atoms with Crippen LogP contribution in [0.5, 0.6) is 5.75 Å². The number of rotatable bonds is 3. The number of carbonyl (C=O) groups excluding carboxylic acids is 1. The highest BCUT2D eigenvalue weighted by Crippen LogP contribution is 2.51. The molecule has 0 aromatic heterocycles. The number of fused-ring (bicyclic) bond motifs is 3. The fourth-order valence-electron chi connectivity index (χ4n) is 4.92. The lowest BCUT2D eigenvalue weighted by Crippen LogP contribution is -2.32. The minimum Gasteiger partial charge on any atom is -0.496 e. The predicted octanol–water partition coefficient (Wildman–Crippen LogP) is 6.11. The zero-order valence-corrected chi connectivity index (χ0v) is 17.6. The van der Waals surface area contributed by atoms with E-state index in [0.717, 1.165) is 47.3 Å². The van der Waals surface area contributed by atoms with Crippen LogP contribution in [0.1, 0.15) is 58.6 Å². The summed E-state index contributed by atoms with van der Waals surface area (Å²) in [6, 6.07) is 18.8. The van der Waals surface area contributed by atoms with Crippen molar-refractivity contribution in [2.45, 2.75) is 37.2 Å². The second kappa shape index (κ2) is 7.26. The molecule has 0 amide bonds. The van der Waals surface area contributed by atoms with Crippen LogP contribution in [0.2, 0.25) is 5.02 Å². The van der Waals surface area contributed by atoms with Crippen LogP contribution in [0, 0.1) is 0 Å². The minimum atomic E-state index is -1.49. The molecule has 0 heterocycles. The zero-order valence-electron chi connectivity index (χ0n) is 16.8. The average molecular weight is 419 g/mol. The van der Waals surface area contributed by atoms with E-state index in [1.54, 1.807) is 13.2 Å². The Bertz CT molecular complexity index is 1150. The molecular weight excluding hydrogens is 396 g/mol. The summed E-state index contributed by atoms with van der Waals surface area (Å²) in [6.45, 7) is 0. The molecule has 0 spiro atoms. The molecule has 2 aliphatic carbocycles. The molecule has 2 aliphatic rings. The summed E-state index contributed by atoms with van der Waals surface area (Å²) in [7, 11) is 1.66. The van der Waals surface area contributed by atoms with Gasteiger partial charge < -0.3 is 9.84 Å². The Kier molecular flexibility index (Phi) is 4.68. The normalized spacial score (nSPS) is 20.7. The predicted molar refractivity (Wildman–Crippen MR) is 118 cm³/mol. The Morgan fingerprint density at radius 2 is 1.73 bits per heavy atom. The lowest BCUT2D eigenvalue weighted by Gasteiger charge is -2.36. The topological polar surface area (TPSA) is 46.5 Å². The number of ketones is 1. The van der Waals surface area contributed by atoms with Gasteiger partial charge in [0.25, 0.3) is 0 Å². The van der Waals surface area contributed by atoms with Crippen LogP contribution in [0.3, 0.4) is 0 Å². The first-order valence-electron chi connectivity index (χ1n) is 10.4. The number of hydrogen-bond donors (Lipinski definition) is 1. The molecule has 1 atom stereocenters. The van der Waals surface area contributed by atoms with Crippen molar-refractivity contribution in [3.8, 4) is 16.9 Å². The smallest absolute Gasteiger partial charge is 0.167 e. The molecule has 30 heavy (non-hydrogen) atoms. The van der Waals surface area contributed by atoms with Crippen LogP contribution in [0.4, 0.5) is 0 Å². The summed E-state index contributed by atoms with van der Waals surface area (Å²) >= 11 is 6.39. The van der Waals surface area contributed by atoms with E-state index in [0.29, 0.717) is 22.1 Å². The Morgan fingerprint density at radius 3 is 2.43 bits per heavy atom. The molecule has 5 rings (SSSR count). The standard InChI is InChI=1S/C26H23ClO3/c1-30-24-11-5-10-21(25(24)16-6-4-7-16)26(29)15-23(28)20-9-3-2-8-18(20)19-13-12-17(27)14-22(19)26/h2-3,5,8-14,16,29H,4,6-7,15H2,1H3. The Morgan fingerprint density at radius 1 is 0.967 bits per heavy atom. The SMILES string of the molecule is COc1cccc(C2(O)CC(=O)c3ccccc3-c3ccc(Cl)cc32)c1C1CCC1. The van der Waals surface area contributed by atoms with Gasteiger partial charge in [0, 0.05) is 22.6 Å². The first-order valence-corrected chi connectivity index (χ1v) is 10.7. The Balaban J connectivity index is 1.82. The number of halogens is 1. The highest BCUT2D eigenvalue weighted by atomic mass is 35.5. The molecule has 3 nitrogen and oxygen atoms in total. The highest BCUT2D eigenvalue weighted by molar-refractivity contribution is 6.30. The minimum absolute atomic E-state index is 0.0375. The summed E-state index contributed by atoms with van der Waals surface area (Å²) in [6.07, 6.45) is 3.23. The van der Waals surface area contributed by atoms with Gasteiger partial charge in [-0.05, 0) is 59.2 Å². The van der Waals surface area contributed by atoms with Gasteiger partial charge in [0.05, 0.1) is 7.11 Å². The summed E-state index contributed by atoms with van der Waals surface area (Å²) in [5.41, 5.74) is 3.24. The third-order valence-corrected chi connectivity index (χ3v) is 6.84. The largest absolute Gasteiger partial charge is 0.496 e. The third-order valence-electron chi connectivity index (χ3n) is 6.61. The van der Waals surface area contributed by atoms with Gasteiger partial charge in [-0.25, -0.2) is 0 Å². The van der Waals surface area contributed by atoms with Crippen LogP contribution in [0.15, 0.2) is 60.7 Å². The van der Waals surface area contributed by atoms with Gasteiger partial charge in [-0.2, -0.15) is 0 Å². The van der Waals surface area contributed by atoms with E-state index in [-0.39, 0.29) is 12.2 Å². The van der Waals surface area contributed by atoms with Crippen molar-refractivity contribution in [3.05, 3.63) is 87.9 Å². The molecule has 3 aromatic rings. The van der Waals surface area contributed by atoms with Crippen LogP contribution in [-0.2, 0) is 5.60 Å². The molecule has 1 N–H and O–H groups in total. The maximum Gasteiger partial charge on any atom is 0.167 e. The fourth-order valence-corrected chi connectivity index (χ4v) is 5.09. The van der Waals surface area contributed by atoms with Gasteiger partial charge in [0.15, 0.2) is 5.78 Å². The molecule has 0 radical (unpaired) electrons. The molecule has 0 bridgehead atoms. The van der Waals surface area contributed by atoms with Crippen molar-refractivity contribution in [2.24, 2.45) is 0 Å². The highest BCUT2D eigenvalue weighted by Gasteiger charge is 2.43. The maximum absolute atomic E-state index is 13.3. The Hall–Kier alpha value is -2.62. The molecule has 0 saturated heterocycles. The second-order valence-corrected chi connectivity index (χ2v) is 8.68. The van der Waals surface area contributed by atoms with E-state index in [1.165, 1.54) is 0 Å². The molecule has 3 aromatic carbocycles. The lowest BCUT2D eigenvalue weighted by molar-refractivity contribution is 0.0581. The number of ether oxygens (including phenoxy) is 1. The van der Waals surface area contributed by atoms with Gasteiger partial charge in [-0.3, -0.25) is 4.79 Å². The van der Waals surface area contributed by atoms with Crippen molar-refractivity contribution in [1.82, 2.24) is 0 Å². The number of hydrogen-bond acceptors (Lipinski definition) is 3. The van der Waals surface area contributed by atoms with Crippen molar-refractivity contribution in [3.63, 3.8) is 0 Å². The quantitative estimate of drug-likeness (QED) is 0.558. The summed E-state index contributed by atoms with van der Waals surface area (Å²) < 4.78 is 5.69. The van der Waals surface area contributed by atoms with E-state index in [2.05, 4.69) is 0 Å². The molecule has 1 fully saturated rings. The first kappa shape index (κ1) is 19.3. The van der Waals surface area contributed by atoms with Crippen molar-refractivity contribution < 1.29 is 14.6 Å². The fraction of sp³-hybridized carbons (Fsp3) is 0.269. The van der Waals surface area contributed by atoms with Gasteiger partial charge in [0.1, 0.15) is 11.4 Å². The first-order chi connectivity index (χ1) is 14.5. The third kappa shape index (κ3) is 2.88. The molecule has 0 aliphatic heterocycles. The van der Waals surface area contributed by atoms with Crippen molar-refractivity contribution in [2.75, 3.05) is 7.11 Å². The van der Waals surface area contributed by atoms with Crippen LogP contribution < -0.4 is 4.74 Å². The van der Waals surface area contributed by atoms with Crippen LogP contribution in [-0.4, -0.2) is 18.0 Å². The van der Waals surface area contributed by atoms with Crippen LogP contribution >= 0.6 is 11.6 Å². The number of carbonyl (C=O) groups is 1. The van der Waals surface area contributed by atoms with E-state index < -0.39 is 5.60 Å². The zero-order chi connectivity index (χ0) is 20.9. The second-order valence-electron chi connectivity index (χ2n) is 8.25. The molecule has 4 heteroatoms. The molecule has 1 unspecified atom stereocenters. The number of aliphatic hydroxyl groups is 1. The van der Waals surface area contributed by atoms with E-state index in [4.69, 9.17) is 16.3 Å². The maximum atomic E-state index is 13.3. The summed E-state index contributed by atoms with van der Waals surface area (Å²) in [5, 5.41) is 12.8. The molecule has 1 saturated carbocycles. The lowest BCUT2D eigenvalue weighted by atomic mass is 9.71. The van der Waals surface area contributed by atoms with E-state index in [9.17, 15) is 9.90 Å². The molecule has 152 valence electrons. The van der Waals surface area contributed by atoms with Gasteiger partial charge in [0.2, 0.25) is 0 Å². The van der Waals surface area contributed by atoms with Crippen molar-refractivity contribution >= 4 is 17.4 Å². The van der Waals surface area contributed by atoms with E-state index >= 15 is 0 Å². The van der Waals surface area contributed by atoms with Crippen molar-refractivity contribution in [1.29, 1.82) is 0 Å². The number of methoxy groups -OCH3 is 1. The molecular formula is C26H23ClO3. The van der Waals surface area contributed by atoms with Gasteiger partial charge in [-0.1, -0.05) is 60.5 Å². The van der Waals surface area contributed by atoms with Gasteiger partial charge in [-0.15, -0.1) is 0 Å². The van der Waals surface area contributed by atoms with E-state index in [1.807, 2.05) is 54.6 Å². The van der Waals surface area contributed by atoms with Crippen LogP contribution in [0.25, 0.3) is 11.1 Å². The monoisotopic (exact) mass is 418 g/mol. The van der Waals surface area contributed by atoms with Gasteiger partial charge >= 0.3 is 0 Å². The summed E-state index contributed by atoms with van der Waals surface area (Å²) in [4.78, 5) is 13.3.